The normalized spacial score (nSPS) is 14.6. The van der Waals surface area contributed by atoms with Crippen molar-refractivity contribution in [3.8, 4) is 21.7 Å². The highest BCUT2D eigenvalue weighted by Crippen LogP contribution is 2.42. The average molecular weight is 546 g/mol. The fraction of sp³-hybridized carbons (Fsp3) is 0.276. The van der Waals surface area contributed by atoms with Crippen LogP contribution < -0.4 is 4.90 Å². The van der Waals surface area contributed by atoms with E-state index in [1.807, 2.05) is 50.5 Å². The first-order valence-electron chi connectivity index (χ1n) is 12.6. The van der Waals surface area contributed by atoms with Crippen LogP contribution in [0.3, 0.4) is 0 Å². The third-order valence-corrected chi connectivity index (χ3v) is 8.75. The van der Waals surface area contributed by atoms with Crippen LogP contribution in [0.25, 0.3) is 42.9 Å². The molecule has 0 radical (unpaired) electrons. The highest BCUT2D eigenvalue weighted by molar-refractivity contribution is 7.22. The Morgan fingerprint density at radius 3 is 2.53 bits per heavy atom. The van der Waals surface area contributed by atoms with Gasteiger partial charge in [0.05, 0.1) is 22.3 Å². The van der Waals surface area contributed by atoms with E-state index in [2.05, 4.69) is 33.7 Å². The molecule has 0 amide bonds. The number of piperazine rings is 1. The molecule has 0 unspecified atom stereocenters. The van der Waals surface area contributed by atoms with Crippen molar-refractivity contribution in [3.63, 3.8) is 0 Å². The van der Waals surface area contributed by atoms with Crippen LogP contribution >= 0.6 is 22.9 Å². The quantitative estimate of drug-likeness (QED) is 0.298. The third kappa shape index (κ3) is 4.42. The molecule has 1 aliphatic heterocycles. The lowest BCUT2D eigenvalue weighted by Gasteiger charge is -2.33. The Labute approximate surface area is 229 Å². The summed E-state index contributed by atoms with van der Waals surface area (Å²) in [5.41, 5.74) is 7.52. The molecular weight excluding hydrogens is 518 g/mol. The Balaban J connectivity index is 1.50. The van der Waals surface area contributed by atoms with E-state index in [0.29, 0.717) is 5.02 Å². The molecule has 1 fully saturated rings. The molecule has 1 aliphatic rings. The number of benzene rings is 2. The van der Waals surface area contributed by atoms with Gasteiger partial charge in [-0.15, -0.1) is 11.3 Å². The first kappa shape index (κ1) is 24.9. The summed E-state index contributed by atoms with van der Waals surface area (Å²) < 4.78 is 3.06. The molecular formula is C29H28ClN5O2S. The van der Waals surface area contributed by atoms with Crippen molar-refractivity contribution >= 4 is 55.8 Å². The number of hydrogen-bond donors (Lipinski definition) is 1. The fourth-order valence-electron chi connectivity index (χ4n) is 5.32. The molecule has 0 spiro atoms. The molecule has 2 aromatic carbocycles. The van der Waals surface area contributed by atoms with Gasteiger partial charge >= 0.3 is 5.97 Å². The van der Waals surface area contributed by atoms with Gasteiger partial charge in [-0.25, -0.2) is 9.97 Å². The lowest BCUT2D eigenvalue weighted by Crippen LogP contribution is -2.44. The number of carboxylic acid groups (broad SMARTS) is 1. The van der Waals surface area contributed by atoms with E-state index < -0.39 is 5.97 Å². The number of aliphatic carboxylic acids is 1. The number of pyridine rings is 1. The fourth-order valence-corrected chi connectivity index (χ4v) is 6.56. The van der Waals surface area contributed by atoms with Gasteiger partial charge < -0.3 is 19.5 Å². The predicted octanol–water partition coefficient (Wildman–Crippen LogP) is 5.86. The number of rotatable bonds is 5. The van der Waals surface area contributed by atoms with E-state index in [1.165, 1.54) is 5.69 Å². The Bertz CT molecular complexity index is 1680. The van der Waals surface area contributed by atoms with E-state index in [1.54, 1.807) is 11.3 Å². The molecule has 6 rings (SSSR count). The summed E-state index contributed by atoms with van der Waals surface area (Å²) in [6.07, 6.45) is 4.00. The van der Waals surface area contributed by atoms with E-state index in [0.717, 1.165) is 80.3 Å². The zero-order valence-corrected chi connectivity index (χ0v) is 23.1. The number of likely N-dealkylation sites (N-methyl/N-ethyl adjacent to an activating group) is 1. The van der Waals surface area contributed by atoms with Gasteiger partial charge in [-0.3, -0.25) is 4.79 Å². The van der Waals surface area contributed by atoms with Gasteiger partial charge in [-0.1, -0.05) is 23.7 Å². The largest absolute Gasteiger partial charge is 0.481 e. The van der Waals surface area contributed by atoms with Crippen LogP contribution in [-0.4, -0.2) is 63.7 Å². The maximum atomic E-state index is 11.8. The minimum absolute atomic E-state index is 0.0567. The monoisotopic (exact) mass is 545 g/mol. The van der Waals surface area contributed by atoms with Crippen molar-refractivity contribution in [1.29, 1.82) is 0 Å². The number of fused-ring (bicyclic) bond motifs is 2. The summed E-state index contributed by atoms with van der Waals surface area (Å²) in [7, 11) is 4.20. The van der Waals surface area contributed by atoms with Crippen molar-refractivity contribution in [1.82, 2.24) is 19.4 Å². The molecule has 5 aromatic rings. The zero-order valence-electron chi connectivity index (χ0n) is 21.5. The Morgan fingerprint density at radius 2 is 1.82 bits per heavy atom. The van der Waals surface area contributed by atoms with Gasteiger partial charge in [0.1, 0.15) is 10.7 Å². The molecule has 0 aliphatic carbocycles. The molecule has 38 heavy (non-hydrogen) atoms. The van der Waals surface area contributed by atoms with Crippen LogP contribution in [0, 0.1) is 6.92 Å². The van der Waals surface area contributed by atoms with Crippen molar-refractivity contribution in [2.24, 2.45) is 7.05 Å². The van der Waals surface area contributed by atoms with Crippen molar-refractivity contribution in [2.75, 3.05) is 38.1 Å². The SMILES string of the molecule is Cc1cc2nc(-c3cnc4c(c3)c(N3CCN(C)CC3)cn4C)sc2c(-c2ccc(Cl)cc2)c1CC(=O)O. The van der Waals surface area contributed by atoms with Gasteiger partial charge in [0.15, 0.2) is 0 Å². The molecule has 7 nitrogen and oxygen atoms in total. The first-order valence-corrected chi connectivity index (χ1v) is 13.8. The second-order valence-electron chi connectivity index (χ2n) is 10.0. The van der Waals surface area contributed by atoms with Gasteiger partial charge in [-0.2, -0.15) is 0 Å². The van der Waals surface area contributed by atoms with Crippen LogP contribution in [0.15, 0.2) is 48.8 Å². The van der Waals surface area contributed by atoms with E-state index in [-0.39, 0.29) is 6.42 Å². The summed E-state index contributed by atoms with van der Waals surface area (Å²) >= 11 is 7.74. The van der Waals surface area contributed by atoms with Gasteiger partial charge in [0.2, 0.25) is 0 Å². The Kier molecular flexibility index (Phi) is 6.34. The van der Waals surface area contributed by atoms with Crippen LogP contribution in [0.1, 0.15) is 11.1 Å². The average Bonchev–Trinajstić information content (AvgIpc) is 3.46. The number of hydrogen-bond acceptors (Lipinski definition) is 6. The molecule has 0 atom stereocenters. The second kappa shape index (κ2) is 9.69. The summed E-state index contributed by atoms with van der Waals surface area (Å²) in [5, 5.41) is 12.3. The van der Waals surface area contributed by atoms with E-state index in [9.17, 15) is 9.90 Å². The minimum atomic E-state index is -0.859. The molecule has 194 valence electrons. The Morgan fingerprint density at radius 1 is 1.08 bits per heavy atom. The van der Waals surface area contributed by atoms with Crippen molar-refractivity contribution in [2.45, 2.75) is 13.3 Å². The number of aryl methyl sites for hydroxylation is 2. The third-order valence-electron chi connectivity index (χ3n) is 7.36. The van der Waals surface area contributed by atoms with Crippen LogP contribution in [0.5, 0.6) is 0 Å². The number of thiazole rings is 1. The molecule has 4 heterocycles. The number of carboxylic acids is 1. The van der Waals surface area contributed by atoms with Crippen molar-refractivity contribution in [3.05, 3.63) is 64.9 Å². The highest BCUT2D eigenvalue weighted by atomic mass is 35.5. The van der Waals surface area contributed by atoms with Gasteiger partial charge in [0.25, 0.3) is 0 Å². The zero-order chi connectivity index (χ0) is 26.6. The summed E-state index contributed by atoms with van der Waals surface area (Å²) in [5.74, 6) is -0.859. The van der Waals surface area contributed by atoms with Gasteiger partial charge in [0, 0.05) is 67.2 Å². The predicted molar refractivity (Wildman–Crippen MR) is 156 cm³/mol. The molecule has 3 aromatic heterocycles. The lowest BCUT2D eigenvalue weighted by atomic mass is 9.93. The lowest BCUT2D eigenvalue weighted by molar-refractivity contribution is -0.136. The number of aromatic nitrogens is 3. The van der Waals surface area contributed by atoms with E-state index in [4.69, 9.17) is 21.6 Å². The number of halogens is 1. The summed E-state index contributed by atoms with van der Waals surface area (Å²) in [4.78, 5) is 26.4. The van der Waals surface area contributed by atoms with Gasteiger partial charge in [-0.05, 0) is 54.9 Å². The summed E-state index contributed by atoms with van der Waals surface area (Å²) in [6.45, 7) is 5.99. The second-order valence-corrected chi connectivity index (χ2v) is 11.4. The number of anilines is 1. The minimum Gasteiger partial charge on any atom is -0.481 e. The smallest absolute Gasteiger partial charge is 0.307 e. The standard InChI is InChI=1S/C29H28ClN5O2S/c1-17-12-23-27(26(21(17)14-25(36)37)18-4-6-20(30)7-5-18)38-29(32-23)19-13-22-24(16-34(3)28(22)31-15-19)35-10-8-33(2)9-11-35/h4-7,12-13,15-16H,8-11,14H2,1-3H3,(H,36,37). The molecule has 1 saturated heterocycles. The molecule has 1 N–H and O–H groups in total. The topological polar surface area (TPSA) is 74.5 Å². The van der Waals surface area contributed by atoms with Crippen molar-refractivity contribution < 1.29 is 9.90 Å². The summed E-state index contributed by atoms with van der Waals surface area (Å²) in [6, 6.07) is 11.8. The maximum Gasteiger partial charge on any atom is 0.307 e. The first-order chi connectivity index (χ1) is 18.3. The highest BCUT2D eigenvalue weighted by Gasteiger charge is 2.22. The number of nitrogens with zero attached hydrogens (tertiary/aromatic N) is 5. The van der Waals surface area contributed by atoms with Crippen LogP contribution in [0.4, 0.5) is 5.69 Å². The maximum absolute atomic E-state index is 11.8. The molecule has 0 bridgehead atoms. The molecule has 9 heteroatoms. The molecule has 0 saturated carbocycles. The Hall–Kier alpha value is -3.46. The van der Waals surface area contributed by atoms with E-state index >= 15 is 0 Å². The van der Waals surface area contributed by atoms with Crippen LogP contribution in [-0.2, 0) is 18.3 Å². The number of carbonyl (C=O) groups is 1. The van der Waals surface area contributed by atoms with Crippen LogP contribution in [0.2, 0.25) is 5.02 Å².